The first kappa shape index (κ1) is 32.7. The lowest BCUT2D eigenvalue weighted by atomic mass is 9.93. The van der Waals surface area contributed by atoms with Crippen LogP contribution in [0.3, 0.4) is 0 Å². The zero-order valence-corrected chi connectivity index (χ0v) is 33.7. The predicted molar refractivity (Wildman–Crippen MR) is 184 cm³/mol. The van der Waals surface area contributed by atoms with Gasteiger partial charge in [0.1, 0.15) is 0 Å². The van der Waals surface area contributed by atoms with Crippen LogP contribution in [0, 0.1) is 10.8 Å². The van der Waals surface area contributed by atoms with E-state index in [1.54, 1.807) is 0 Å². The molecule has 0 saturated heterocycles. The highest BCUT2D eigenvalue weighted by Gasteiger charge is 2.65. The lowest BCUT2D eigenvalue weighted by Crippen LogP contribution is -2.79. The molecule has 0 aromatic heterocycles. The van der Waals surface area contributed by atoms with Gasteiger partial charge in [-0.25, -0.2) is 0 Å². The fourth-order valence-corrected chi connectivity index (χ4v) is 73.3. The fraction of sp³-hybridized carbons (Fsp3) is 0.800. The van der Waals surface area contributed by atoms with Gasteiger partial charge in [-0.15, -0.1) is 0 Å². The highest BCUT2D eigenvalue weighted by Crippen LogP contribution is 2.60. The van der Waals surface area contributed by atoms with Crippen molar-refractivity contribution in [3.05, 3.63) is 24.3 Å². The summed E-state index contributed by atoms with van der Waals surface area (Å²) in [5.41, 5.74) is 0.751. The predicted octanol–water partition coefficient (Wildman–Crippen LogP) is 9.05. The Balaban J connectivity index is 3.29. The summed E-state index contributed by atoms with van der Waals surface area (Å²) in [5.74, 6) is 0. The summed E-state index contributed by atoms with van der Waals surface area (Å²) in [5, 5.41) is 3.78. The first-order valence-corrected chi connectivity index (χ1v) is 32.5. The number of hydrogen-bond donors (Lipinski definition) is 0. The second kappa shape index (κ2) is 9.57. The summed E-state index contributed by atoms with van der Waals surface area (Å²) in [6.45, 7) is 48.7. The van der Waals surface area contributed by atoms with Crippen LogP contribution in [0.2, 0.25) is 87.1 Å². The number of rotatable bonds is 8. The molecule has 0 radical (unpaired) electrons. The molecule has 36 heavy (non-hydrogen) atoms. The lowest BCUT2D eigenvalue weighted by Gasteiger charge is -2.64. The van der Waals surface area contributed by atoms with Gasteiger partial charge < -0.3 is 0 Å². The van der Waals surface area contributed by atoms with Crippen molar-refractivity contribution in [2.24, 2.45) is 10.8 Å². The van der Waals surface area contributed by atoms with E-state index in [4.69, 9.17) is 0 Å². The molecule has 206 valence electrons. The van der Waals surface area contributed by atoms with Crippen LogP contribution in [0.4, 0.5) is 0 Å². The van der Waals surface area contributed by atoms with E-state index in [1.165, 1.54) is 12.8 Å². The van der Waals surface area contributed by atoms with Crippen molar-refractivity contribution in [3.63, 3.8) is 0 Å². The van der Waals surface area contributed by atoms with E-state index < -0.39 is 48.1 Å². The van der Waals surface area contributed by atoms with E-state index in [-0.39, 0.29) is 0 Å². The minimum Gasteiger partial charge on any atom is -0.0693 e. The Morgan fingerprint density at radius 2 is 0.694 bits per heavy atom. The minimum absolute atomic E-state index is 0.376. The van der Waals surface area contributed by atoms with Crippen molar-refractivity contribution < 1.29 is 0 Å². The Kier molecular flexibility index (Phi) is 8.70. The Labute approximate surface area is 234 Å². The van der Waals surface area contributed by atoms with Gasteiger partial charge in [-0.3, -0.25) is 0 Å². The van der Waals surface area contributed by atoms with E-state index in [0.29, 0.717) is 19.4 Å². The average Bonchev–Trinajstić information content (AvgIpc) is 2.55. The van der Waals surface area contributed by atoms with Crippen molar-refractivity contribution in [2.45, 2.75) is 142 Å². The van der Waals surface area contributed by atoms with Crippen molar-refractivity contribution in [3.8, 4) is 0 Å². The van der Waals surface area contributed by atoms with E-state index in [9.17, 15) is 0 Å². The third-order valence-corrected chi connectivity index (χ3v) is 54.7. The topological polar surface area (TPSA) is 0 Å². The van der Waals surface area contributed by atoms with Gasteiger partial charge in [0.15, 0.2) is 0 Å². The van der Waals surface area contributed by atoms with Crippen LogP contribution in [-0.2, 0) is 0 Å². The van der Waals surface area contributed by atoms with Crippen LogP contribution in [0.25, 0.3) is 0 Å². The Morgan fingerprint density at radius 3 is 0.861 bits per heavy atom. The number of fused-ring (bicyclic) bond motifs is 1. The molecule has 1 heterocycles. The van der Waals surface area contributed by atoms with Crippen molar-refractivity contribution >= 4 is 58.4 Å². The standard InChI is InChI=1S/C30H62Si6/c1-27(2,3)23-29(33(7,8)9,34(10,11)12)31-25-21-19-20-22-26(25)32(31)30(35(13,14)15,36(16,17)18)24-28(4,5)6/h19-22H,23-24H2,1-18H3. The van der Waals surface area contributed by atoms with Crippen LogP contribution >= 0.6 is 0 Å². The highest BCUT2D eigenvalue weighted by molar-refractivity contribution is 7.35. The van der Waals surface area contributed by atoms with Gasteiger partial charge in [0.05, 0.1) is 0 Å². The quantitative estimate of drug-likeness (QED) is 0.265. The van der Waals surface area contributed by atoms with E-state index >= 15 is 0 Å². The second-order valence-electron chi connectivity index (χ2n) is 18.6. The van der Waals surface area contributed by atoms with E-state index in [0.717, 1.165) is 0 Å². The maximum absolute atomic E-state index is 2.78. The molecule has 0 aliphatic carbocycles. The molecule has 0 bridgehead atoms. The number of benzene rings is 1. The van der Waals surface area contributed by atoms with E-state index in [2.05, 4.69) is 144 Å². The smallest absolute Gasteiger partial charge is 0.0485 e. The molecule has 1 aromatic carbocycles. The molecule has 0 N–H and O–H groups in total. The summed E-state index contributed by atoms with van der Waals surface area (Å²) >= 11 is 0. The molecule has 0 fully saturated rings. The largest absolute Gasteiger partial charge is 0.0693 e. The Morgan fingerprint density at radius 1 is 0.472 bits per heavy atom. The normalized spacial score (nSPS) is 16.7. The first-order chi connectivity index (χ1) is 15.6. The molecule has 1 aromatic rings. The molecule has 0 unspecified atom stereocenters. The van der Waals surface area contributed by atoms with Crippen molar-refractivity contribution in [1.29, 1.82) is 0 Å². The van der Waals surface area contributed by atoms with Gasteiger partial charge in [0.2, 0.25) is 0 Å². The third kappa shape index (κ3) is 5.56. The molecule has 0 amide bonds. The molecule has 6 heteroatoms. The molecule has 0 nitrogen and oxygen atoms in total. The summed E-state index contributed by atoms with van der Waals surface area (Å²) in [6.07, 6.45) is 2.90. The highest BCUT2D eigenvalue weighted by atomic mass is 28.9. The summed E-state index contributed by atoms with van der Waals surface area (Å²) < 4.78 is 1.21. The van der Waals surface area contributed by atoms with Crippen LogP contribution in [-0.4, -0.2) is 48.1 Å². The zero-order chi connectivity index (χ0) is 28.6. The maximum atomic E-state index is 2.78. The molecule has 0 spiro atoms. The molecule has 1 aliphatic rings. The summed E-state index contributed by atoms with van der Waals surface area (Å²) in [6, 6.07) is 10.1. The summed E-state index contributed by atoms with van der Waals surface area (Å²) in [4.78, 5) is 0. The number of hydrogen-bond acceptors (Lipinski definition) is 0. The monoisotopic (exact) mass is 590 g/mol. The van der Waals surface area contributed by atoms with Crippen LogP contribution in [0.1, 0.15) is 54.4 Å². The molecule has 0 atom stereocenters. The van der Waals surface area contributed by atoms with Crippen LogP contribution in [0.5, 0.6) is 0 Å². The maximum Gasteiger partial charge on any atom is 0.0485 e. The molecular formula is C30H62Si6. The zero-order valence-electron chi connectivity index (χ0n) is 27.7. The van der Waals surface area contributed by atoms with Gasteiger partial charge in [-0.05, 0) is 42.6 Å². The van der Waals surface area contributed by atoms with Gasteiger partial charge in [0, 0.05) is 48.1 Å². The molecule has 0 saturated carbocycles. The van der Waals surface area contributed by atoms with Crippen LogP contribution in [0.15, 0.2) is 24.3 Å². The third-order valence-electron chi connectivity index (χ3n) is 9.28. The first-order valence-electron chi connectivity index (χ1n) is 14.5. The van der Waals surface area contributed by atoms with Gasteiger partial charge in [0.25, 0.3) is 0 Å². The van der Waals surface area contributed by atoms with Crippen LogP contribution < -0.4 is 10.4 Å². The van der Waals surface area contributed by atoms with Crippen molar-refractivity contribution in [1.82, 2.24) is 0 Å². The molecule has 1 aliphatic heterocycles. The van der Waals surface area contributed by atoms with Gasteiger partial charge in [-0.1, -0.05) is 144 Å². The summed E-state index contributed by atoms with van der Waals surface area (Å²) in [7, 11) is -7.44. The Hall–Kier alpha value is 0.521. The minimum atomic E-state index is -1.52. The van der Waals surface area contributed by atoms with Gasteiger partial charge in [-0.2, -0.15) is 0 Å². The second-order valence-corrected chi connectivity index (χ2v) is 50.3. The lowest BCUT2D eigenvalue weighted by molar-refractivity contribution is 0.368. The van der Waals surface area contributed by atoms with Crippen molar-refractivity contribution in [2.75, 3.05) is 0 Å². The molecular weight excluding hydrogens is 529 g/mol. The fourth-order valence-electron chi connectivity index (χ4n) is 8.59. The Bertz CT molecular complexity index is 884. The molecule has 2 rings (SSSR count). The van der Waals surface area contributed by atoms with Gasteiger partial charge >= 0.3 is 0 Å². The SMILES string of the molecule is CC(C)(C)CC([Si]1=[Si](C(CC(C)(C)C)([Si](C)(C)C)[Si](C)(C)C)c2ccccc21)([Si](C)(C)C)[Si](C)(C)C. The van der Waals surface area contributed by atoms with E-state index in [1.807, 2.05) is 10.4 Å². The average molecular weight is 591 g/mol.